The van der Waals surface area contributed by atoms with E-state index in [0.717, 1.165) is 45.3 Å². The molecule has 0 atom stereocenters. The van der Waals surface area contributed by atoms with Crippen LogP contribution >= 0.6 is 0 Å². The number of carbonyl (C=O) groups excluding carboxylic acids is 1. The molecular formula is C22H17NO2. The molecule has 4 rings (SSSR count). The number of carbonyl (C=O) groups is 1. The first-order valence-electron chi connectivity index (χ1n) is 8.11. The number of H-pyrrole nitrogens is 1. The van der Waals surface area contributed by atoms with Crippen LogP contribution in [0.25, 0.3) is 33.3 Å². The molecule has 0 saturated carbocycles. The summed E-state index contributed by atoms with van der Waals surface area (Å²) in [4.78, 5) is 15.2. The Kier molecular flexibility index (Phi) is 3.82. The van der Waals surface area contributed by atoms with Crippen molar-refractivity contribution in [1.29, 1.82) is 0 Å². The fraction of sp³-hybridized carbons (Fsp3) is 0.0455. The van der Waals surface area contributed by atoms with Crippen molar-refractivity contribution in [3.8, 4) is 28.1 Å². The molecule has 0 unspecified atom stereocenters. The maximum atomic E-state index is 11.8. The van der Waals surface area contributed by atoms with Gasteiger partial charge in [0.1, 0.15) is 5.75 Å². The summed E-state index contributed by atoms with van der Waals surface area (Å²) in [7, 11) is 1.64. The molecule has 25 heavy (non-hydrogen) atoms. The standard InChI is InChI=1S/C22H17NO2/c1-25-18-10-7-16(8-11-18)22-20(14-24)19-13-17(9-12-21(19)23-22)15-5-3-2-4-6-15/h2-14,23H,1H3. The van der Waals surface area contributed by atoms with Crippen molar-refractivity contribution in [2.24, 2.45) is 0 Å². The Morgan fingerprint density at radius 3 is 2.24 bits per heavy atom. The predicted molar refractivity (Wildman–Crippen MR) is 101 cm³/mol. The summed E-state index contributed by atoms with van der Waals surface area (Å²) in [5, 5.41) is 0.933. The van der Waals surface area contributed by atoms with Crippen molar-refractivity contribution in [2.75, 3.05) is 7.11 Å². The monoisotopic (exact) mass is 327 g/mol. The number of nitrogens with one attached hydrogen (secondary N) is 1. The molecule has 0 radical (unpaired) electrons. The SMILES string of the molecule is COc1ccc(-c2[nH]c3ccc(-c4ccccc4)cc3c2C=O)cc1. The van der Waals surface area contributed by atoms with E-state index in [9.17, 15) is 4.79 Å². The molecule has 0 fully saturated rings. The van der Waals surface area contributed by atoms with E-state index >= 15 is 0 Å². The Morgan fingerprint density at radius 2 is 1.56 bits per heavy atom. The third-order valence-electron chi connectivity index (χ3n) is 4.44. The molecule has 0 amide bonds. The van der Waals surface area contributed by atoms with Crippen LogP contribution in [0.3, 0.4) is 0 Å². The third kappa shape index (κ3) is 2.70. The zero-order chi connectivity index (χ0) is 17.2. The molecule has 0 aliphatic heterocycles. The lowest BCUT2D eigenvalue weighted by molar-refractivity contribution is 0.112. The van der Waals surface area contributed by atoms with Crippen LogP contribution in [0.4, 0.5) is 0 Å². The first kappa shape index (κ1) is 15.2. The second-order valence-electron chi connectivity index (χ2n) is 5.89. The van der Waals surface area contributed by atoms with Crippen molar-refractivity contribution in [2.45, 2.75) is 0 Å². The molecule has 1 heterocycles. The summed E-state index contributed by atoms with van der Waals surface area (Å²) in [6.07, 6.45) is 0.924. The lowest BCUT2D eigenvalue weighted by atomic mass is 10.0. The summed E-state index contributed by atoms with van der Waals surface area (Å²) < 4.78 is 5.21. The number of aromatic amines is 1. The highest BCUT2D eigenvalue weighted by Crippen LogP contribution is 2.32. The molecule has 4 aromatic rings. The van der Waals surface area contributed by atoms with E-state index in [1.807, 2.05) is 48.5 Å². The zero-order valence-corrected chi connectivity index (χ0v) is 13.8. The Hall–Kier alpha value is -3.33. The van der Waals surface area contributed by atoms with Crippen LogP contribution in [0.5, 0.6) is 5.75 Å². The van der Waals surface area contributed by atoms with Gasteiger partial charge in [-0.3, -0.25) is 4.79 Å². The van der Waals surface area contributed by atoms with Gasteiger partial charge < -0.3 is 9.72 Å². The number of ether oxygens (including phenoxy) is 1. The summed E-state index contributed by atoms with van der Waals surface area (Å²) in [5.41, 5.74) is 5.65. The smallest absolute Gasteiger partial charge is 0.152 e. The highest BCUT2D eigenvalue weighted by molar-refractivity contribution is 6.05. The van der Waals surface area contributed by atoms with Crippen molar-refractivity contribution in [1.82, 2.24) is 4.98 Å². The van der Waals surface area contributed by atoms with E-state index in [2.05, 4.69) is 29.2 Å². The lowest BCUT2D eigenvalue weighted by Gasteiger charge is -2.03. The normalized spacial score (nSPS) is 10.8. The third-order valence-corrected chi connectivity index (χ3v) is 4.44. The van der Waals surface area contributed by atoms with Gasteiger partial charge in [-0.2, -0.15) is 0 Å². The van der Waals surface area contributed by atoms with Gasteiger partial charge in [0.25, 0.3) is 0 Å². The first-order valence-corrected chi connectivity index (χ1v) is 8.11. The second-order valence-corrected chi connectivity index (χ2v) is 5.89. The Balaban J connectivity index is 1.87. The average Bonchev–Trinajstić information content (AvgIpc) is 3.06. The van der Waals surface area contributed by atoms with Gasteiger partial charge in [0, 0.05) is 16.5 Å². The summed E-state index contributed by atoms with van der Waals surface area (Å²) in [5.74, 6) is 0.791. The van der Waals surface area contributed by atoms with E-state index in [-0.39, 0.29) is 0 Å². The molecule has 0 saturated heterocycles. The minimum absolute atomic E-state index is 0.679. The second kappa shape index (κ2) is 6.29. The van der Waals surface area contributed by atoms with Gasteiger partial charge in [0.15, 0.2) is 6.29 Å². The molecule has 0 aliphatic rings. The van der Waals surface area contributed by atoms with E-state index in [0.29, 0.717) is 5.56 Å². The van der Waals surface area contributed by atoms with E-state index in [4.69, 9.17) is 4.74 Å². The number of hydrogen-bond acceptors (Lipinski definition) is 2. The minimum Gasteiger partial charge on any atom is -0.497 e. The number of fused-ring (bicyclic) bond motifs is 1. The average molecular weight is 327 g/mol. The number of benzene rings is 3. The molecular weight excluding hydrogens is 310 g/mol. The molecule has 3 heteroatoms. The fourth-order valence-electron chi connectivity index (χ4n) is 3.13. The molecule has 122 valence electrons. The molecule has 0 aliphatic carbocycles. The van der Waals surface area contributed by atoms with Crippen LogP contribution in [-0.2, 0) is 0 Å². The minimum atomic E-state index is 0.679. The highest BCUT2D eigenvalue weighted by atomic mass is 16.5. The Bertz CT molecular complexity index is 1030. The quantitative estimate of drug-likeness (QED) is 0.515. The highest BCUT2D eigenvalue weighted by Gasteiger charge is 2.13. The van der Waals surface area contributed by atoms with Gasteiger partial charge in [-0.05, 0) is 53.1 Å². The zero-order valence-electron chi connectivity index (χ0n) is 13.8. The van der Waals surface area contributed by atoms with Gasteiger partial charge in [-0.1, -0.05) is 36.4 Å². The number of aromatic nitrogens is 1. The lowest BCUT2D eigenvalue weighted by Crippen LogP contribution is -1.86. The fourth-order valence-corrected chi connectivity index (χ4v) is 3.13. The number of rotatable bonds is 4. The van der Waals surface area contributed by atoms with Crippen LogP contribution in [0.2, 0.25) is 0 Å². The molecule has 0 bridgehead atoms. The Labute approximate surface area is 145 Å². The number of aldehydes is 1. The summed E-state index contributed by atoms with van der Waals surface area (Å²) in [6, 6.07) is 24.0. The predicted octanol–water partition coefficient (Wildman–Crippen LogP) is 5.32. The van der Waals surface area contributed by atoms with E-state index < -0.39 is 0 Å². The number of methoxy groups -OCH3 is 1. The van der Waals surface area contributed by atoms with E-state index in [1.54, 1.807) is 7.11 Å². The maximum Gasteiger partial charge on any atom is 0.152 e. The van der Waals surface area contributed by atoms with Crippen molar-refractivity contribution in [3.63, 3.8) is 0 Å². The van der Waals surface area contributed by atoms with Crippen LogP contribution < -0.4 is 4.74 Å². The molecule has 1 N–H and O–H groups in total. The van der Waals surface area contributed by atoms with Crippen LogP contribution in [0.1, 0.15) is 10.4 Å². The maximum absolute atomic E-state index is 11.8. The van der Waals surface area contributed by atoms with Crippen LogP contribution in [-0.4, -0.2) is 18.4 Å². The van der Waals surface area contributed by atoms with Gasteiger partial charge in [0.2, 0.25) is 0 Å². The van der Waals surface area contributed by atoms with Crippen molar-refractivity contribution in [3.05, 3.63) is 78.4 Å². The van der Waals surface area contributed by atoms with Gasteiger partial charge in [-0.25, -0.2) is 0 Å². The largest absolute Gasteiger partial charge is 0.497 e. The molecule has 3 nitrogen and oxygen atoms in total. The summed E-state index contributed by atoms with van der Waals surface area (Å²) in [6.45, 7) is 0. The molecule has 1 aromatic heterocycles. The van der Waals surface area contributed by atoms with Crippen molar-refractivity contribution < 1.29 is 9.53 Å². The van der Waals surface area contributed by atoms with Crippen molar-refractivity contribution >= 4 is 17.2 Å². The molecule has 0 spiro atoms. The topological polar surface area (TPSA) is 42.1 Å². The van der Waals surface area contributed by atoms with Crippen LogP contribution in [0, 0.1) is 0 Å². The first-order chi connectivity index (χ1) is 12.3. The molecule has 3 aromatic carbocycles. The number of hydrogen-bond donors (Lipinski definition) is 1. The van der Waals surface area contributed by atoms with E-state index in [1.165, 1.54) is 0 Å². The Morgan fingerprint density at radius 1 is 0.840 bits per heavy atom. The van der Waals surface area contributed by atoms with Gasteiger partial charge in [0.05, 0.1) is 12.8 Å². The van der Waals surface area contributed by atoms with Gasteiger partial charge in [-0.15, -0.1) is 0 Å². The van der Waals surface area contributed by atoms with Crippen LogP contribution in [0.15, 0.2) is 72.8 Å². The summed E-state index contributed by atoms with van der Waals surface area (Å²) >= 11 is 0. The van der Waals surface area contributed by atoms with Gasteiger partial charge >= 0.3 is 0 Å².